The number of piperidine rings is 1. The zero-order valence-corrected chi connectivity index (χ0v) is 16.6. The first-order valence-electron chi connectivity index (χ1n) is 9.71. The molecule has 2 heterocycles. The topological polar surface area (TPSA) is 53.4 Å². The lowest BCUT2D eigenvalue weighted by Gasteiger charge is -2.32. The molecule has 3 aromatic rings. The predicted molar refractivity (Wildman–Crippen MR) is 113 cm³/mol. The second-order valence-electron chi connectivity index (χ2n) is 7.42. The highest BCUT2D eigenvalue weighted by molar-refractivity contribution is 7.09. The van der Waals surface area contributed by atoms with Crippen LogP contribution in [-0.2, 0) is 13.0 Å². The van der Waals surface area contributed by atoms with Gasteiger partial charge in [0.2, 0.25) is 0 Å². The predicted octanol–water partition coefficient (Wildman–Crippen LogP) is 4.96. The molecule has 1 fully saturated rings. The number of aromatic nitrogens is 1. The molecule has 1 aliphatic rings. The van der Waals surface area contributed by atoms with Crippen molar-refractivity contribution in [1.29, 1.82) is 0 Å². The third-order valence-electron chi connectivity index (χ3n) is 5.38. The molecule has 4 rings (SSSR count). The molecule has 1 saturated heterocycles. The highest BCUT2D eigenvalue weighted by Crippen LogP contribution is 2.26. The zero-order valence-electron chi connectivity index (χ0n) is 15.8. The average Bonchev–Trinajstić information content (AvgIpc) is 3.22. The molecular weight excluding hydrogens is 368 g/mol. The lowest BCUT2D eigenvalue weighted by molar-refractivity contribution is 0.0697. The van der Waals surface area contributed by atoms with Gasteiger partial charge in [-0.25, -0.2) is 9.78 Å². The van der Waals surface area contributed by atoms with Crippen LogP contribution in [-0.4, -0.2) is 34.0 Å². The van der Waals surface area contributed by atoms with E-state index in [2.05, 4.69) is 27.4 Å². The number of benzene rings is 2. The number of thiazole rings is 1. The van der Waals surface area contributed by atoms with Crippen LogP contribution >= 0.6 is 11.3 Å². The fraction of sp³-hybridized carbons (Fsp3) is 0.304. The van der Waals surface area contributed by atoms with E-state index < -0.39 is 5.97 Å². The number of rotatable bonds is 6. The Morgan fingerprint density at radius 1 is 1.18 bits per heavy atom. The van der Waals surface area contributed by atoms with Crippen molar-refractivity contribution in [2.75, 3.05) is 13.1 Å². The number of aromatic carboxylic acids is 1. The summed E-state index contributed by atoms with van der Waals surface area (Å²) in [6.45, 7) is 3.19. The summed E-state index contributed by atoms with van der Waals surface area (Å²) in [7, 11) is 0. The number of carboxylic acids is 1. The maximum absolute atomic E-state index is 11.5. The zero-order chi connectivity index (χ0) is 19.3. The van der Waals surface area contributed by atoms with E-state index in [4.69, 9.17) is 0 Å². The number of carbonyl (C=O) groups is 1. The van der Waals surface area contributed by atoms with Crippen molar-refractivity contribution in [3.05, 3.63) is 76.2 Å². The highest BCUT2D eigenvalue weighted by Gasteiger charge is 2.21. The number of nitrogens with zero attached hydrogens (tertiary/aromatic N) is 2. The van der Waals surface area contributed by atoms with Crippen molar-refractivity contribution < 1.29 is 9.90 Å². The maximum Gasteiger partial charge on any atom is 0.336 e. The molecule has 1 aromatic heterocycles. The van der Waals surface area contributed by atoms with E-state index in [1.54, 1.807) is 23.5 Å². The van der Waals surface area contributed by atoms with Gasteiger partial charge in [0, 0.05) is 31.1 Å². The van der Waals surface area contributed by atoms with E-state index in [-0.39, 0.29) is 0 Å². The molecule has 0 amide bonds. The minimum Gasteiger partial charge on any atom is -0.478 e. The monoisotopic (exact) mass is 392 g/mol. The van der Waals surface area contributed by atoms with Crippen molar-refractivity contribution in [3.8, 4) is 11.1 Å². The molecule has 28 heavy (non-hydrogen) atoms. The van der Waals surface area contributed by atoms with E-state index >= 15 is 0 Å². The molecule has 2 aromatic carbocycles. The van der Waals surface area contributed by atoms with Gasteiger partial charge in [-0.05, 0) is 48.1 Å². The molecule has 1 atom stereocenters. The van der Waals surface area contributed by atoms with Gasteiger partial charge in [-0.15, -0.1) is 11.3 Å². The molecule has 0 aliphatic carbocycles. The summed E-state index contributed by atoms with van der Waals surface area (Å²) in [6.07, 6.45) is 5.49. The number of hydrogen-bond acceptors (Lipinski definition) is 4. The van der Waals surface area contributed by atoms with Crippen molar-refractivity contribution in [2.24, 2.45) is 5.92 Å². The van der Waals surface area contributed by atoms with E-state index in [9.17, 15) is 9.90 Å². The standard InChI is InChI=1S/C23H24N2O2S/c26-23(27)21-6-2-1-5-20(21)19-9-7-17(8-10-19)15-25-12-3-4-18(16-25)14-22-24-11-13-28-22/h1-2,5-11,13,18H,3-4,12,14-16H2,(H,26,27). The molecule has 1 unspecified atom stereocenters. The molecule has 5 heteroatoms. The molecule has 4 nitrogen and oxygen atoms in total. The Labute approximate surface area is 169 Å². The average molecular weight is 393 g/mol. The first-order valence-corrected chi connectivity index (χ1v) is 10.6. The quantitative estimate of drug-likeness (QED) is 0.644. The summed E-state index contributed by atoms with van der Waals surface area (Å²) >= 11 is 1.75. The van der Waals surface area contributed by atoms with E-state index in [1.807, 2.05) is 30.5 Å². The number of likely N-dealkylation sites (tertiary alicyclic amines) is 1. The SMILES string of the molecule is O=C(O)c1ccccc1-c1ccc(CN2CCCC(Cc3nccs3)C2)cc1. The molecule has 0 radical (unpaired) electrons. The van der Waals surface area contributed by atoms with Gasteiger partial charge in [0.05, 0.1) is 10.6 Å². The fourth-order valence-corrected chi connectivity index (χ4v) is 4.76. The molecular formula is C23H24N2O2S. The second kappa shape index (κ2) is 8.67. The van der Waals surface area contributed by atoms with Crippen LogP contribution in [0.1, 0.15) is 33.8 Å². The van der Waals surface area contributed by atoms with Crippen LogP contribution in [0.15, 0.2) is 60.1 Å². The normalized spacial score (nSPS) is 17.5. The number of hydrogen-bond donors (Lipinski definition) is 1. The smallest absolute Gasteiger partial charge is 0.336 e. The molecule has 0 bridgehead atoms. The second-order valence-corrected chi connectivity index (χ2v) is 8.40. The van der Waals surface area contributed by atoms with Crippen LogP contribution in [0.2, 0.25) is 0 Å². The Balaban J connectivity index is 1.41. The van der Waals surface area contributed by atoms with E-state index in [0.717, 1.165) is 37.2 Å². The molecule has 144 valence electrons. The van der Waals surface area contributed by atoms with Crippen LogP contribution in [0, 0.1) is 5.92 Å². The lowest BCUT2D eigenvalue weighted by Crippen LogP contribution is -2.35. The molecule has 0 spiro atoms. The Bertz CT molecular complexity index is 922. The van der Waals surface area contributed by atoms with Gasteiger partial charge in [0.1, 0.15) is 0 Å². The van der Waals surface area contributed by atoms with E-state index in [0.29, 0.717) is 11.5 Å². The highest BCUT2D eigenvalue weighted by atomic mass is 32.1. The van der Waals surface area contributed by atoms with Gasteiger partial charge >= 0.3 is 5.97 Å². The van der Waals surface area contributed by atoms with Crippen molar-refractivity contribution in [2.45, 2.75) is 25.8 Å². The van der Waals surface area contributed by atoms with Gasteiger partial charge in [0.15, 0.2) is 0 Å². The summed E-state index contributed by atoms with van der Waals surface area (Å²) in [5.74, 6) is -0.208. The van der Waals surface area contributed by atoms with Gasteiger partial charge in [-0.2, -0.15) is 0 Å². The van der Waals surface area contributed by atoms with Crippen molar-refractivity contribution >= 4 is 17.3 Å². The van der Waals surface area contributed by atoms with E-state index in [1.165, 1.54) is 23.4 Å². The van der Waals surface area contributed by atoms with Gasteiger partial charge in [-0.3, -0.25) is 4.90 Å². The van der Waals surface area contributed by atoms with Crippen LogP contribution in [0.5, 0.6) is 0 Å². The van der Waals surface area contributed by atoms with Gasteiger partial charge in [0.25, 0.3) is 0 Å². The lowest BCUT2D eigenvalue weighted by atomic mass is 9.94. The first-order chi connectivity index (χ1) is 13.7. The Morgan fingerprint density at radius 2 is 2.00 bits per heavy atom. The minimum atomic E-state index is -0.890. The van der Waals surface area contributed by atoms with Crippen molar-refractivity contribution in [3.63, 3.8) is 0 Å². The van der Waals surface area contributed by atoms with Crippen LogP contribution in [0.3, 0.4) is 0 Å². The number of carboxylic acid groups (broad SMARTS) is 1. The summed E-state index contributed by atoms with van der Waals surface area (Å²) in [4.78, 5) is 18.4. The van der Waals surface area contributed by atoms with Gasteiger partial charge < -0.3 is 5.11 Å². The van der Waals surface area contributed by atoms with Crippen LogP contribution < -0.4 is 0 Å². The molecule has 0 saturated carbocycles. The summed E-state index contributed by atoms with van der Waals surface area (Å²) in [6, 6.07) is 15.5. The Hall–Kier alpha value is -2.50. The summed E-state index contributed by atoms with van der Waals surface area (Å²) in [5.41, 5.74) is 3.33. The summed E-state index contributed by atoms with van der Waals surface area (Å²) in [5, 5.41) is 12.7. The third kappa shape index (κ3) is 4.49. The molecule has 1 N–H and O–H groups in total. The Morgan fingerprint density at radius 3 is 2.75 bits per heavy atom. The Kier molecular flexibility index (Phi) is 5.84. The maximum atomic E-state index is 11.5. The molecule has 1 aliphatic heterocycles. The minimum absolute atomic E-state index is 0.344. The van der Waals surface area contributed by atoms with Crippen LogP contribution in [0.25, 0.3) is 11.1 Å². The third-order valence-corrected chi connectivity index (χ3v) is 6.18. The first kappa shape index (κ1) is 18.8. The van der Waals surface area contributed by atoms with Crippen LogP contribution in [0.4, 0.5) is 0 Å². The fourth-order valence-electron chi connectivity index (χ4n) is 4.03. The van der Waals surface area contributed by atoms with Crippen molar-refractivity contribution in [1.82, 2.24) is 9.88 Å². The summed E-state index contributed by atoms with van der Waals surface area (Å²) < 4.78 is 0. The largest absolute Gasteiger partial charge is 0.478 e. The van der Waals surface area contributed by atoms with Gasteiger partial charge in [-0.1, -0.05) is 42.5 Å².